The van der Waals surface area contributed by atoms with Crippen LogP contribution >= 0.6 is 0 Å². The lowest BCUT2D eigenvalue weighted by molar-refractivity contribution is 0.787. The lowest BCUT2D eigenvalue weighted by Crippen LogP contribution is -2.22. The van der Waals surface area contributed by atoms with Crippen LogP contribution in [0.3, 0.4) is 0 Å². The third kappa shape index (κ3) is 1.89. The average Bonchev–Trinajstić information content (AvgIpc) is 2.73. The predicted molar refractivity (Wildman–Crippen MR) is 58.6 cm³/mol. The first-order valence-corrected chi connectivity index (χ1v) is 4.88. The van der Waals surface area contributed by atoms with E-state index in [1.807, 2.05) is 7.05 Å². The standard InChI is InChI=1S/C9H14N6/c1-15(4-2-3-10)9-7-8(12-5-11-7)13-6-14-9/h5-6H,2-4,10H2,1H3,(H,11,12,13,14). The van der Waals surface area contributed by atoms with E-state index in [1.54, 1.807) is 6.33 Å². The molecular formula is C9H14N6. The summed E-state index contributed by atoms with van der Waals surface area (Å²) in [5.41, 5.74) is 7.03. The van der Waals surface area contributed by atoms with Crippen molar-refractivity contribution in [1.82, 2.24) is 19.9 Å². The monoisotopic (exact) mass is 206 g/mol. The Morgan fingerprint density at radius 3 is 3.07 bits per heavy atom. The van der Waals surface area contributed by atoms with Crippen LogP contribution in [0.25, 0.3) is 11.2 Å². The fraction of sp³-hybridized carbons (Fsp3) is 0.444. The van der Waals surface area contributed by atoms with Crippen molar-refractivity contribution in [3.63, 3.8) is 0 Å². The molecule has 0 aliphatic heterocycles. The highest BCUT2D eigenvalue weighted by molar-refractivity contribution is 5.82. The molecule has 15 heavy (non-hydrogen) atoms. The Labute approximate surface area is 87.5 Å². The minimum absolute atomic E-state index is 0.682. The fourth-order valence-corrected chi connectivity index (χ4v) is 1.48. The molecule has 6 heteroatoms. The van der Waals surface area contributed by atoms with Crippen LogP contribution in [-0.4, -0.2) is 40.1 Å². The number of H-pyrrole nitrogens is 1. The molecule has 2 rings (SSSR count). The van der Waals surface area contributed by atoms with Gasteiger partial charge >= 0.3 is 0 Å². The number of hydrogen-bond acceptors (Lipinski definition) is 5. The molecule has 3 N–H and O–H groups in total. The largest absolute Gasteiger partial charge is 0.358 e. The molecule has 0 amide bonds. The first kappa shape index (κ1) is 9.85. The number of aromatic nitrogens is 4. The molecule has 0 fully saturated rings. The fourth-order valence-electron chi connectivity index (χ4n) is 1.48. The molecule has 0 spiro atoms. The van der Waals surface area contributed by atoms with Crippen LogP contribution in [0.5, 0.6) is 0 Å². The molecule has 0 unspecified atom stereocenters. The van der Waals surface area contributed by atoms with Crippen LogP contribution in [0.4, 0.5) is 5.82 Å². The van der Waals surface area contributed by atoms with Gasteiger partial charge in [-0.1, -0.05) is 0 Å². The summed E-state index contributed by atoms with van der Waals surface area (Å²) in [7, 11) is 1.98. The third-order valence-electron chi connectivity index (χ3n) is 2.26. The molecule has 0 saturated carbocycles. The van der Waals surface area contributed by atoms with Gasteiger partial charge in [0.25, 0.3) is 0 Å². The van der Waals surface area contributed by atoms with Crippen molar-refractivity contribution >= 4 is 17.0 Å². The Morgan fingerprint density at radius 1 is 1.40 bits per heavy atom. The van der Waals surface area contributed by atoms with Gasteiger partial charge in [0.1, 0.15) is 11.8 Å². The van der Waals surface area contributed by atoms with Crippen molar-refractivity contribution in [2.24, 2.45) is 5.73 Å². The Kier molecular flexibility index (Phi) is 2.77. The summed E-state index contributed by atoms with van der Waals surface area (Å²) in [4.78, 5) is 17.5. The van der Waals surface area contributed by atoms with E-state index in [0.29, 0.717) is 12.2 Å². The molecule has 0 atom stereocenters. The minimum atomic E-state index is 0.682. The average molecular weight is 206 g/mol. The van der Waals surface area contributed by atoms with Gasteiger partial charge in [-0.2, -0.15) is 0 Å². The maximum atomic E-state index is 5.47. The van der Waals surface area contributed by atoms with Gasteiger partial charge in [-0.05, 0) is 13.0 Å². The van der Waals surface area contributed by atoms with E-state index in [9.17, 15) is 0 Å². The molecule has 0 aliphatic rings. The van der Waals surface area contributed by atoms with E-state index < -0.39 is 0 Å². The predicted octanol–water partition coefficient (Wildman–Crippen LogP) is 0.138. The van der Waals surface area contributed by atoms with Gasteiger partial charge in [0.2, 0.25) is 0 Å². The number of aromatic amines is 1. The zero-order chi connectivity index (χ0) is 10.7. The number of anilines is 1. The zero-order valence-electron chi connectivity index (χ0n) is 8.64. The molecular weight excluding hydrogens is 192 g/mol. The van der Waals surface area contributed by atoms with Gasteiger partial charge < -0.3 is 15.6 Å². The van der Waals surface area contributed by atoms with Crippen molar-refractivity contribution in [3.8, 4) is 0 Å². The molecule has 0 aromatic carbocycles. The summed E-state index contributed by atoms with van der Waals surface area (Å²) < 4.78 is 0. The third-order valence-corrected chi connectivity index (χ3v) is 2.26. The highest BCUT2D eigenvalue weighted by Crippen LogP contribution is 2.17. The quantitative estimate of drug-likeness (QED) is 0.743. The molecule has 6 nitrogen and oxygen atoms in total. The van der Waals surface area contributed by atoms with Crippen LogP contribution in [0.15, 0.2) is 12.7 Å². The number of rotatable bonds is 4. The maximum Gasteiger partial charge on any atom is 0.182 e. The van der Waals surface area contributed by atoms with Crippen molar-refractivity contribution in [2.45, 2.75) is 6.42 Å². The second kappa shape index (κ2) is 4.22. The number of fused-ring (bicyclic) bond motifs is 1. The van der Waals surface area contributed by atoms with E-state index in [2.05, 4.69) is 24.8 Å². The van der Waals surface area contributed by atoms with E-state index >= 15 is 0 Å². The molecule has 0 bridgehead atoms. The summed E-state index contributed by atoms with van der Waals surface area (Å²) in [5, 5.41) is 0. The number of imidazole rings is 1. The summed E-state index contributed by atoms with van der Waals surface area (Å²) in [6.45, 7) is 1.56. The number of nitrogens with one attached hydrogen (secondary N) is 1. The smallest absolute Gasteiger partial charge is 0.182 e. The molecule has 0 radical (unpaired) electrons. The van der Waals surface area contributed by atoms with Crippen molar-refractivity contribution in [1.29, 1.82) is 0 Å². The molecule has 2 heterocycles. The van der Waals surface area contributed by atoms with Crippen molar-refractivity contribution < 1.29 is 0 Å². The SMILES string of the molecule is CN(CCCN)c1ncnc2nc[nH]c12. The topological polar surface area (TPSA) is 83.7 Å². The van der Waals surface area contributed by atoms with Crippen LogP contribution < -0.4 is 10.6 Å². The lowest BCUT2D eigenvalue weighted by atomic mass is 10.4. The van der Waals surface area contributed by atoms with Gasteiger partial charge in [0.05, 0.1) is 6.33 Å². The summed E-state index contributed by atoms with van der Waals surface area (Å²) in [6, 6.07) is 0. The highest BCUT2D eigenvalue weighted by Gasteiger charge is 2.09. The second-order valence-electron chi connectivity index (χ2n) is 3.36. The normalized spacial score (nSPS) is 10.8. The summed E-state index contributed by atoms with van der Waals surface area (Å²) in [5.74, 6) is 0.867. The molecule has 0 saturated heterocycles. The lowest BCUT2D eigenvalue weighted by Gasteiger charge is -2.17. The Balaban J connectivity index is 2.29. The van der Waals surface area contributed by atoms with Crippen LogP contribution in [0.2, 0.25) is 0 Å². The Bertz CT molecular complexity index is 437. The van der Waals surface area contributed by atoms with Gasteiger partial charge in [-0.3, -0.25) is 0 Å². The van der Waals surface area contributed by atoms with Crippen LogP contribution in [-0.2, 0) is 0 Å². The number of nitrogens with zero attached hydrogens (tertiary/aromatic N) is 4. The first-order chi connectivity index (χ1) is 7.33. The Hall–Kier alpha value is -1.69. The van der Waals surface area contributed by atoms with E-state index in [4.69, 9.17) is 5.73 Å². The number of nitrogens with two attached hydrogens (primary N) is 1. The zero-order valence-corrected chi connectivity index (χ0v) is 8.64. The Morgan fingerprint density at radius 2 is 2.27 bits per heavy atom. The van der Waals surface area contributed by atoms with E-state index in [1.165, 1.54) is 6.33 Å². The van der Waals surface area contributed by atoms with Crippen LogP contribution in [0.1, 0.15) is 6.42 Å². The molecule has 0 aliphatic carbocycles. The van der Waals surface area contributed by atoms with Gasteiger partial charge in [0, 0.05) is 13.6 Å². The number of hydrogen-bond donors (Lipinski definition) is 2. The highest BCUT2D eigenvalue weighted by atomic mass is 15.2. The van der Waals surface area contributed by atoms with E-state index in [0.717, 1.165) is 24.3 Å². The van der Waals surface area contributed by atoms with Crippen LogP contribution in [0, 0.1) is 0 Å². The molecule has 2 aromatic rings. The van der Waals surface area contributed by atoms with Crippen molar-refractivity contribution in [3.05, 3.63) is 12.7 Å². The van der Waals surface area contributed by atoms with Gasteiger partial charge in [0.15, 0.2) is 11.5 Å². The molecule has 2 aromatic heterocycles. The molecule has 80 valence electrons. The van der Waals surface area contributed by atoms with Gasteiger partial charge in [-0.25, -0.2) is 15.0 Å². The van der Waals surface area contributed by atoms with Crippen molar-refractivity contribution in [2.75, 3.05) is 25.0 Å². The van der Waals surface area contributed by atoms with E-state index in [-0.39, 0.29) is 0 Å². The minimum Gasteiger partial charge on any atom is -0.358 e. The van der Waals surface area contributed by atoms with Gasteiger partial charge in [-0.15, -0.1) is 0 Å². The summed E-state index contributed by atoms with van der Waals surface area (Å²) >= 11 is 0. The maximum absolute atomic E-state index is 5.47. The first-order valence-electron chi connectivity index (χ1n) is 4.88. The second-order valence-corrected chi connectivity index (χ2v) is 3.36. The summed E-state index contributed by atoms with van der Waals surface area (Å²) in [6.07, 6.45) is 4.09.